The van der Waals surface area contributed by atoms with E-state index in [1.165, 1.54) is 0 Å². The summed E-state index contributed by atoms with van der Waals surface area (Å²) in [5.74, 6) is 1.36. The summed E-state index contributed by atoms with van der Waals surface area (Å²) >= 11 is 6.42. The van der Waals surface area contributed by atoms with Gasteiger partial charge >= 0.3 is 0 Å². The molecule has 11 nitrogen and oxygen atoms in total. The molecule has 5 rings (SSSR count). The van der Waals surface area contributed by atoms with Gasteiger partial charge in [0.05, 0.1) is 25.3 Å². The quantitative estimate of drug-likeness (QED) is 0.580. The van der Waals surface area contributed by atoms with E-state index in [0.717, 1.165) is 87.9 Å². The molecule has 0 bridgehead atoms. The Hall–Kier alpha value is -2.05. The number of hydrogen-bond acceptors (Lipinski definition) is 9. The zero-order valence-corrected chi connectivity index (χ0v) is 21.3. The van der Waals surface area contributed by atoms with E-state index in [1.54, 1.807) is 0 Å². The van der Waals surface area contributed by atoms with E-state index in [4.69, 9.17) is 31.8 Å². The van der Waals surface area contributed by atoms with E-state index in [1.807, 2.05) is 13.8 Å². The molecule has 3 fully saturated rings. The highest BCUT2D eigenvalue weighted by molar-refractivity contribution is 6.28. The largest absolute Gasteiger partial charge is 0.378 e. The van der Waals surface area contributed by atoms with Gasteiger partial charge in [0.15, 0.2) is 17.0 Å². The van der Waals surface area contributed by atoms with Crippen LogP contribution in [0.25, 0.3) is 11.2 Å². The number of carbonyl (C=O) groups is 1. The van der Waals surface area contributed by atoms with Crippen LogP contribution in [0.1, 0.15) is 45.2 Å². The molecule has 0 spiro atoms. The third-order valence-corrected chi connectivity index (χ3v) is 7.62. The Morgan fingerprint density at radius 2 is 1.80 bits per heavy atom. The van der Waals surface area contributed by atoms with Gasteiger partial charge in [-0.2, -0.15) is 9.97 Å². The summed E-state index contributed by atoms with van der Waals surface area (Å²) in [6.07, 6.45) is 2.94. The zero-order valence-electron chi connectivity index (χ0n) is 20.6. The molecule has 35 heavy (non-hydrogen) atoms. The van der Waals surface area contributed by atoms with Gasteiger partial charge in [-0.15, -0.1) is 0 Å². The Labute approximate surface area is 210 Å². The van der Waals surface area contributed by atoms with Crippen LogP contribution in [0, 0.1) is 0 Å². The lowest BCUT2D eigenvalue weighted by atomic mass is 10.0. The topological polar surface area (TPSA) is 115 Å². The minimum atomic E-state index is -0.658. The number of nitrogens with zero attached hydrogens (tertiary/aromatic N) is 7. The summed E-state index contributed by atoms with van der Waals surface area (Å²) < 4.78 is 13.8. The second-order valence-electron chi connectivity index (χ2n) is 9.99. The number of morpholine rings is 1. The minimum Gasteiger partial charge on any atom is -0.378 e. The van der Waals surface area contributed by atoms with Crippen LogP contribution < -0.4 is 10.6 Å². The maximum absolute atomic E-state index is 11.9. The average molecular weight is 507 g/mol. The lowest BCUT2D eigenvalue weighted by molar-refractivity contribution is -0.129. The minimum absolute atomic E-state index is 0.123. The number of primary amides is 1. The lowest BCUT2D eigenvalue weighted by Crippen LogP contribution is -2.59. The SMILES string of the molecule is CC(C)(C(N)=O)N1CCN(Cc2nc3c(N4CCOCC4)nc(Cl)nc3n2C2CCCCO2)CC1. The molecule has 1 atom stereocenters. The molecule has 192 valence electrons. The highest BCUT2D eigenvalue weighted by Crippen LogP contribution is 2.33. The first-order valence-corrected chi connectivity index (χ1v) is 12.9. The molecule has 12 heteroatoms. The fourth-order valence-electron chi connectivity index (χ4n) is 5.14. The Kier molecular flexibility index (Phi) is 7.13. The maximum Gasteiger partial charge on any atom is 0.237 e. The number of fused-ring (bicyclic) bond motifs is 1. The van der Waals surface area contributed by atoms with Gasteiger partial charge in [-0.25, -0.2) is 4.98 Å². The number of carbonyl (C=O) groups excluding carboxylic acids is 1. The molecular weight excluding hydrogens is 472 g/mol. The van der Waals surface area contributed by atoms with Crippen LogP contribution in [-0.4, -0.2) is 99.9 Å². The van der Waals surface area contributed by atoms with Crippen molar-refractivity contribution >= 4 is 34.5 Å². The Bertz CT molecular complexity index is 1060. The fourth-order valence-corrected chi connectivity index (χ4v) is 5.30. The average Bonchev–Trinajstić information content (AvgIpc) is 3.22. The van der Waals surface area contributed by atoms with Crippen molar-refractivity contribution in [3.05, 3.63) is 11.1 Å². The van der Waals surface area contributed by atoms with Crippen LogP contribution in [0.15, 0.2) is 0 Å². The Morgan fingerprint density at radius 3 is 2.46 bits per heavy atom. The number of hydrogen-bond donors (Lipinski definition) is 1. The van der Waals surface area contributed by atoms with E-state index in [9.17, 15) is 4.79 Å². The lowest BCUT2D eigenvalue weighted by Gasteiger charge is -2.42. The van der Waals surface area contributed by atoms with E-state index >= 15 is 0 Å². The fraction of sp³-hybridized carbons (Fsp3) is 0.739. The predicted molar refractivity (Wildman–Crippen MR) is 132 cm³/mol. The molecule has 2 aromatic heterocycles. The maximum atomic E-state index is 11.9. The van der Waals surface area contributed by atoms with E-state index < -0.39 is 5.54 Å². The summed E-state index contributed by atoms with van der Waals surface area (Å²) in [5.41, 5.74) is 6.46. The number of piperazine rings is 1. The summed E-state index contributed by atoms with van der Waals surface area (Å²) in [5, 5.41) is 0.213. The highest BCUT2D eigenvalue weighted by Gasteiger charge is 2.35. The van der Waals surface area contributed by atoms with Crippen molar-refractivity contribution in [3.63, 3.8) is 0 Å². The number of imidazole rings is 1. The van der Waals surface area contributed by atoms with Crippen LogP contribution >= 0.6 is 11.6 Å². The number of rotatable bonds is 6. The second-order valence-corrected chi connectivity index (χ2v) is 10.3. The smallest absolute Gasteiger partial charge is 0.237 e. The Morgan fingerprint density at radius 1 is 1.06 bits per heavy atom. The summed E-state index contributed by atoms with van der Waals surface area (Å²) in [4.78, 5) is 32.9. The van der Waals surface area contributed by atoms with Crippen molar-refractivity contribution in [2.24, 2.45) is 5.73 Å². The van der Waals surface area contributed by atoms with Crippen molar-refractivity contribution in [2.75, 3.05) is 64.0 Å². The van der Waals surface area contributed by atoms with Gasteiger partial charge in [0.25, 0.3) is 0 Å². The monoisotopic (exact) mass is 506 g/mol. The van der Waals surface area contributed by atoms with Gasteiger partial charge in [-0.3, -0.25) is 19.2 Å². The first-order chi connectivity index (χ1) is 16.8. The first-order valence-electron chi connectivity index (χ1n) is 12.5. The number of aromatic nitrogens is 4. The molecule has 3 saturated heterocycles. The van der Waals surface area contributed by atoms with E-state index in [0.29, 0.717) is 19.8 Å². The molecule has 2 aromatic rings. The van der Waals surface area contributed by atoms with Gasteiger partial charge < -0.3 is 20.1 Å². The molecule has 0 aromatic carbocycles. The van der Waals surface area contributed by atoms with Crippen molar-refractivity contribution < 1.29 is 14.3 Å². The van der Waals surface area contributed by atoms with Gasteiger partial charge in [0, 0.05) is 45.9 Å². The first kappa shape index (κ1) is 24.6. The predicted octanol–water partition coefficient (Wildman–Crippen LogP) is 1.40. The third-order valence-electron chi connectivity index (χ3n) is 7.45. The summed E-state index contributed by atoms with van der Waals surface area (Å²) in [7, 11) is 0. The van der Waals surface area contributed by atoms with Crippen LogP contribution in [-0.2, 0) is 20.8 Å². The highest BCUT2D eigenvalue weighted by atomic mass is 35.5. The second kappa shape index (κ2) is 10.1. The van der Waals surface area contributed by atoms with Crippen LogP contribution in [0.5, 0.6) is 0 Å². The number of amides is 1. The normalized spacial score (nSPS) is 23.2. The molecule has 0 saturated carbocycles. The van der Waals surface area contributed by atoms with Gasteiger partial charge in [-0.1, -0.05) is 0 Å². The number of nitrogens with two attached hydrogens (primary N) is 1. The molecule has 5 heterocycles. The van der Waals surface area contributed by atoms with E-state index in [-0.39, 0.29) is 17.4 Å². The molecular formula is C23H35ClN8O3. The van der Waals surface area contributed by atoms with Crippen molar-refractivity contribution in [1.29, 1.82) is 0 Å². The molecule has 1 unspecified atom stereocenters. The van der Waals surface area contributed by atoms with Gasteiger partial charge in [0.2, 0.25) is 11.2 Å². The molecule has 3 aliphatic heterocycles. The van der Waals surface area contributed by atoms with Crippen LogP contribution in [0.3, 0.4) is 0 Å². The summed E-state index contributed by atoms with van der Waals surface area (Å²) in [6.45, 7) is 11.1. The van der Waals surface area contributed by atoms with Crippen molar-refractivity contribution in [3.8, 4) is 0 Å². The molecule has 0 aliphatic carbocycles. The molecule has 3 aliphatic rings. The van der Waals surface area contributed by atoms with Gasteiger partial charge in [0.1, 0.15) is 12.1 Å². The van der Waals surface area contributed by atoms with Crippen LogP contribution in [0.4, 0.5) is 5.82 Å². The molecule has 2 N–H and O–H groups in total. The summed E-state index contributed by atoms with van der Waals surface area (Å²) in [6, 6.07) is 0. The number of ether oxygens (including phenoxy) is 2. The third kappa shape index (κ3) is 4.97. The van der Waals surface area contributed by atoms with Crippen molar-refractivity contribution in [2.45, 2.75) is 51.4 Å². The Balaban J connectivity index is 1.46. The van der Waals surface area contributed by atoms with E-state index in [2.05, 4.69) is 29.2 Å². The van der Waals surface area contributed by atoms with Crippen LogP contribution in [0.2, 0.25) is 5.28 Å². The number of halogens is 1. The molecule has 1 amide bonds. The van der Waals surface area contributed by atoms with Gasteiger partial charge in [-0.05, 0) is 44.7 Å². The standard InChI is InChI=1S/C23H35ClN8O3/c1-23(2,21(25)33)31-8-6-29(7-9-31)15-16-26-18-19(30-10-13-34-14-11-30)27-22(24)28-20(18)32(16)17-5-3-4-12-35-17/h17H,3-15H2,1-2H3,(H2,25,33). The molecule has 0 radical (unpaired) electrons. The number of anilines is 1. The van der Waals surface area contributed by atoms with Crippen molar-refractivity contribution in [1.82, 2.24) is 29.3 Å². The zero-order chi connectivity index (χ0) is 24.6.